The number of amides is 1. The zero-order valence-corrected chi connectivity index (χ0v) is 20.4. The number of carbonyl (C=O) groups is 1. The molecule has 35 heavy (non-hydrogen) atoms. The molecular weight excluding hydrogens is 451 g/mol. The van der Waals surface area contributed by atoms with Gasteiger partial charge in [-0.3, -0.25) is 9.69 Å². The Balaban J connectivity index is 1.24. The SMILES string of the molecule is COc1ccc(CN2CCC(O)(COc3ccc(F)cc3)CC2)cc1OCCCN1CCCC1=O. The largest absolute Gasteiger partial charge is 0.493 e. The maximum absolute atomic E-state index is 13.1. The van der Waals surface area contributed by atoms with Gasteiger partial charge in [-0.1, -0.05) is 6.07 Å². The standard InChI is InChI=1S/C27H35FN2O5/c1-33-24-10-5-21(18-25(24)34-17-3-14-30-13-2-4-26(30)31)19-29-15-11-27(32,12-16-29)20-35-23-8-6-22(28)7-9-23/h5-10,18,32H,2-4,11-17,19-20H2,1H3. The van der Waals surface area contributed by atoms with Crippen LogP contribution in [0.1, 0.15) is 37.7 Å². The third-order valence-electron chi connectivity index (χ3n) is 6.74. The van der Waals surface area contributed by atoms with E-state index in [0.717, 1.165) is 51.1 Å². The molecule has 1 amide bonds. The van der Waals surface area contributed by atoms with Gasteiger partial charge in [0.05, 0.1) is 13.7 Å². The number of nitrogens with zero attached hydrogens (tertiary/aromatic N) is 2. The van der Waals surface area contributed by atoms with Gasteiger partial charge < -0.3 is 24.2 Å². The lowest BCUT2D eigenvalue weighted by Gasteiger charge is -2.38. The number of piperidine rings is 1. The molecule has 2 saturated heterocycles. The lowest BCUT2D eigenvalue weighted by Crippen LogP contribution is -2.47. The molecule has 2 aromatic carbocycles. The number of rotatable bonds is 11. The molecule has 2 aliphatic rings. The minimum Gasteiger partial charge on any atom is -0.493 e. The quantitative estimate of drug-likeness (QED) is 0.489. The topological polar surface area (TPSA) is 71.5 Å². The molecule has 4 rings (SSSR count). The zero-order valence-electron chi connectivity index (χ0n) is 20.4. The van der Waals surface area contributed by atoms with Crippen molar-refractivity contribution in [2.45, 2.75) is 44.2 Å². The van der Waals surface area contributed by atoms with Gasteiger partial charge in [-0.15, -0.1) is 0 Å². The number of carbonyl (C=O) groups excluding carboxylic acids is 1. The predicted octanol–water partition coefficient (Wildman–Crippen LogP) is 3.63. The maximum atomic E-state index is 13.1. The normalized spacial score (nSPS) is 18.0. The van der Waals surface area contributed by atoms with Crippen molar-refractivity contribution in [3.05, 3.63) is 53.8 Å². The summed E-state index contributed by atoms with van der Waals surface area (Å²) in [5.41, 5.74) is 0.221. The van der Waals surface area contributed by atoms with Crippen molar-refractivity contribution < 1.29 is 28.5 Å². The molecule has 0 spiro atoms. The van der Waals surface area contributed by atoms with Crippen molar-refractivity contribution >= 4 is 5.91 Å². The molecule has 0 aromatic heterocycles. The Kier molecular flexibility index (Phi) is 8.46. The molecule has 0 aliphatic carbocycles. The molecule has 8 heteroatoms. The highest BCUT2D eigenvalue weighted by molar-refractivity contribution is 5.77. The molecule has 0 bridgehead atoms. The van der Waals surface area contributed by atoms with E-state index in [2.05, 4.69) is 4.90 Å². The van der Waals surface area contributed by atoms with E-state index in [-0.39, 0.29) is 18.3 Å². The summed E-state index contributed by atoms with van der Waals surface area (Å²) < 4.78 is 30.2. The Morgan fingerprint density at radius 1 is 1.03 bits per heavy atom. The zero-order chi connectivity index (χ0) is 24.7. The fourth-order valence-electron chi connectivity index (χ4n) is 4.59. The molecule has 2 aliphatic heterocycles. The summed E-state index contributed by atoms with van der Waals surface area (Å²) in [6.45, 7) is 4.52. The summed E-state index contributed by atoms with van der Waals surface area (Å²) in [5, 5.41) is 10.9. The Morgan fingerprint density at radius 2 is 1.80 bits per heavy atom. The van der Waals surface area contributed by atoms with E-state index < -0.39 is 5.60 Å². The van der Waals surface area contributed by atoms with Crippen molar-refractivity contribution in [3.8, 4) is 17.2 Å². The number of likely N-dealkylation sites (tertiary alicyclic amines) is 2. The summed E-state index contributed by atoms with van der Waals surface area (Å²) in [5.74, 6) is 1.88. The van der Waals surface area contributed by atoms with Gasteiger partial charge in [-0.2, -0.15) is 0 Å². The Hall–Kier alpha value is -2.84. The summed E-state index contributed by atoms with van der Waals surface area (Å²) >= 11 is 0. The van der Waals surface area contributed by atoms with Crippen LogP contribution in [0.15, 0.2) is 42.5 Å². The second-order valence-corrected chi connectivity index (χ2v) is 9.41. The molecule has 1 N–H and O–H groups in total. The second-order valence-electron chi connectivity index (χ2n) is 9.41. The summed E-state index contributed by atoms with van der Waals surface area (Å²) in [7, 11) is 1.63. The first-order valence-corrected chi connectivity index (χ1v) is 12.3. The first-order valence-electron chi connectivity index (χ1n) is 12.3. The van der Waals surface area contributed by atoms with Crippen LogP contribution < -0.4 is 14.2 Å². The van der Waals surface area contributed by atoms with E-state index in [0.29, 0.717) is 43.1 Å². The first-order chi connectivity index (χ1) is 16.9. The van der Waals surface area contributed by atoms with Gasteiger partial charge in [-0.25, -0.2) is 4.39 Å². The van der Waals surface area contributed by atoms with E-state index in [4.69, 9.17) is 14.2 Å². The van der Waals surface area contributed by atoms with Crippen molar-refractivity contribution in [3.63, 3.8) is 0 Å². The fraction of sp³-hybridized carbons (Fsp3) is 0.519. The highest BCUT2D eigenvalue weighted by atomic mass is 19.1. The monoisotopic (exact) mass is 486 g/mol. The molecule has 0 unspecified atom stereocenters. The number of halogens is 1. The Morgan fingerprint density at radius 3 is 2.49 bits per heavy atom. The van der Waals surface area contributed by atoms with Gasteiger partial charge >= 0.3 is 0 Å². The lowest BCUT2D eigenvalue weighted by atomic mass is 9.92. The molecule has 0 radical (unpaired) electrons. The number of benzene rings is 2. The van der Waals surface area contributed by atoms with Crippen LogP contribution in [0.25, 0.3) is 0 Å². The third-order valence-corrected chi connectivity index (χ3v) is 6.74. The molecule has 2 fully saturated rings. The Labute approximate surface area is 206 Å². The number of hydrogen-bond donors (Lipinski definition) is 1. The van der Waals surface area contributed by atoms with Gasteiger partial charge in [-0.05, 0) is 67.6 Å². The molecule has 2 aromatic rings. The van der Waals surface area contributed by atoms with Crippen LogP contribution in [0, 0.1) is 5.82 Å². The van der Waals surface area contributed by atoms with Crippen LogP contribution >= 0.6 is 0 Å². The maximum Gasteiger partial charge on any atom is 0.222 e. The molecule has 0 atom stereocenters. The van der Waals surface area contributed by atoms with Gasteiger partial charge in [0.15, 0.2) is 11.5 Å². The second kappa shape index (κ2) is 11.7. The summed E-state index contributed by atoms with van der Waals surface area (Å²) in [6.07, 6.45) is 3.59. The van der Waals surface area contributed by atoms with Crippen LogP contribution in [-0.2, 0) is 11.3 Å². The van der Waals surface area contributed by atoms with Crippen LogP contribution in [-0.4, -0.2) is 72.9 Å². The van der Waals surface area contributed by atoms with Gasteiger partial charge in [0.25, 0.3) is 0 Å². The van der Waals surface area contributed by atoms with E-state index in [1.165, 1.54) is 12.1 Å². The van der Waals surface area contributed by atoms with Crippen molar-refractivity contribution in [2.75, 3.05) is 46.5 Å². The van der Waals surface area contributed by atoms with Crippen molar-refractivity contribution in [2.24, 2.45) is 0 Å². The van der Waals surface area contributed by atoms with Gasteiger partial charge in [0.2, 0.25) is 5.91 Å². The van der Waals surface area contributed by atoms with Crippen LogP contribution in [0.5, 0.6) is 17.2 Å². The first kappa shape index (κ1) is 25.3. The van der Waals surface area contributed by atoms with E-state index in [9.17, 15) is 14.3 Å². The lowest BCUT2D eigenvalue weighted by molar-refractivity contribution is -0.127. The van der Waals surface area contributed by atoms with Crippen molar-refractivity contribution in [1.82, 2.24) is 9.80 Å². The van der Waals surface area contributed by atoms with E-state index >= 15 is 0 Å². The average molecular weight is 487 g/mol. The number of methoxy groups -OCH3 is 1. The fourth-order valence-corrected chi connectivity index (χ4v) is 4.59. The van der Waals surface area contributed by atoms with Gasteiger partial charge in [0, 0.05) is 39.1 Å². The average Bonchev–Trinajstić information content (AvgIpc) is 3.28. The van der Waals surface area contributed by atoms with Crippen molar-refractivity contribution in [1.29, 1.82) is 0 Å². The number of aliphatic hydroxyl groups is 1. The van der Waals surface area contributed by atoms with E-state index in [1.807, 2.05) is 23.1 Å². The predicted molar refractivity (Wildman–Crippen MR) is 130 cm³/mol. The highest BCUT2D eigenvalue weighted by Crippen LogP contribution is 2.30. The van der Waals surface area contributed by atoms with E-state index in [1.54, 1.807) is 19.2 Å². The Bertz CT molecular complexity index is 976. The number of hydrogen-bond acceptors (Lipinski definition) is 6. The van der Waals surface area contributed by atoms with Crippen LogP contribution in [0.4, 0.5) is 4.39 Å². The smallest absolute Gasteiger partial charge is 0.222 e. The summed E-state index contributed by atoms with van der Waals surface area (Å²) in [6, 6.07) is 11.8. The third kappa shape index (κ3) is 7.08. The minimum absolute atomic E-state index is 0.190. The molecule has 2 heterocycles. The highest BCUT2D eigenvalue weighted by Gasteiger charge is 2.33. The van der Waals surface area contributed by atoms with Crippen LogP contribution in [0.2, 0.25) is 0 Å². The van der Waals surface area contributed by atoms with Gasteiger partial charge in [0.1, 0.15) is 23.8 Å². The number of ether oxygens (including phenoxy) is 3. The molecular formula is C27H35FN2O5. The van der Waals surface area contributed by atoms with Crippen LogP contribution in [0.3, 0.4) is 0 Å². The minimum atomic E-state index is -0.893. The summed E-state index contributed by atoms with van der Waals surface area (Å²) in [4.78, 5) is 16.0. The molecule has 7 nitrogen and oxygen atoms in total. The molecule has 0 saturated carbocycles. The molecule has 190 valence electrons.